The molecule has 4 rings (SSSR count). The average molecular weight is 352 g/mol. The van der Waals surface area contributed by atoms with Gasteiger partial charge in [0.05, 0.1) is 18.2 Å². The van der Waals surface area contributed by atoms with Crippen LogP contribution in [0.3, 0.4) is 0 Å². The number of rotatable bonds is 4. The maximum Gasteiger partial charge on any atom is 0.142 e. The summed E-state index contributed by atoms with van der Waals surface area (Å²) in [7, 11) is 0. The van der Waals surface area contributed by atoms with E-state index >= 15 is 0 Å². The number of ether oxygens (including phenoxy) is 1. The van der Waals surface area contributed by atoms with Crippen LogP contribution in [0.15, 0.2) is 42.5 Å². The van der Waals surface area contributed by atoms with Gasteiger partial charge in [0, 0.05) is 26.1 Å². The van der Waals surface area contributed by atoms with Crippen molar-refractivity contribution >= 4 is 5.82 Å². The zero-order valence-corrected chi connectivity index (χ0v) is 14.5. The minimum Gasteiger partial charge on any atom is -0.371 e. The predicted molar refractivity (Wildman–Crippen MR) is 96.0 cm³/mol. The Morgan fingerprint density at radius 1 is 1.31 bits per heavy atom. The zero-order chi connectivity index (χ0) is 18.0. The number of nitrogens with zero attached hydrogens (tertiary/aromatic N) is 3. The van der Waals surface area contributed by atoms with Gasteiger partial charge in [-0.15, -0.1) is 0 Å². The van der Waals surface area contributed by atoms with Crippen molar-refractivity contribution in [1.82, 2.24) is 9.88 Å². The first kappa shape index (κ1) is 17.0. The summed E-state index contributed by atoms with van der Waals surface area (Å²) < 4.78 is 19.2. The van der Waals surface area contributed by atoms with Gasteiger partial charge < -0.3 is 10.1 Å². The molecular weight excluding hydrogens is 331 g/mol. The Labute approximate surface area is 152 Å². The van der Waals surface area contributed by atoms with Crippen molar-refractivity contribution in [2.45, 2.75) is 31.0 Å². The Kier molecular flexibility index (Phi) is 4.58. The molecule has 0 aliphatic carbocycles. The van der Waals surface area contributed by atoms with Crippen LogP contribution in [-0.2, 0) is 11.3 Å². The number of anilines is 1. The fourth-order valence-electron chi connectivity index (χ4n) is 3.92. The smallest absolute Gasteiger partial charge is 0.142 e. The van der Waals surface area contributed by atoms with E-state index in [1.165, 1.54) is 12.1 Å². The van der Waals surface area contributed by atoms with Gasteiger partial charge in [0.1, 0.15) is 23.4 Å². The topological polar surface area (TPSA) is 61.2 Å². The molecule has 2 saturated heterocycles. The minimum atomic E-state index is -0.200. The molecule has 1 aromatic heterocycles. The predicted octanol–water partition coefficient (Wildman–Crippen LogP) is 2.94. The minimum absolute atomic E-state index is 0.121. The number of halogens is 1. The third kappa shape index (κ3) is 3.69. The first-order valence-corrected chi connectivity index (χ1v) is 8.89. The third-order valence-electron chi connectivity index (χ3n) is 5.14. The van der Waals surface area contributed by atoms with E-state index in [0.29, 0.717) is 12.3 Å². The summed E-state index contributed by atoms with van der Waals surface area (Å²) >= 11 is 0. The Morgan fingerprint density at radius 3 is 2.96 bits per heavy atom. The van der Waals surface area contributed by atoms with Gasteiger partial charge in [-0.05, 0) is 36.2 Å². The van der Waals surface area contributed by atoms with Crippen molar-refractivity contribution in [3.63, 3.8) is 0 Å². The van der Waals surface area contributed by atoms with Crippen molar-refractivity contribution < 1.29 is 9.13 Å². The summed E-state index contributed by atoms with van der Waals surface area (Å²) in [6.07, 6.45) is 1.92. The van der Waals surface area contributed by atoms with E-state index in [0.717, 1.165) is 43.9 Å². The second-order valence-corrected chi connectivity index (χ2v) is 7.15. The first-order chi connectivity index (χ1) is 12.6. The van der Waals surface area contributed by atoms with Gasteiger partial charge in [-0.3, -0.25) is 4.90 Å². The zero-order valence-electron chi connectivity index (χ0n) is 14.5. The molecule has 1 spiro atoms. The van der Waals surface area contributed by atoms with Crippen LogP contribution < -0.4 is 5.32 Å². The van der Waals surface area contributed by atoms with E-state index in [9.17, 15) is 4.39 Å². The molecule has 5 nitrogen and oxygen atoms in total. The fourth-order valence-corrected chi connectivity index (χ4v) is 3.92. The molecule has 0 saturated carbocycles. The molecule has 26 heavy (non-hydrogen) atoms. The molecular formula is C20H21FN4O. The monoisotopic (exact) mass is 352 g/mol. The van der Waals surface area contributed by atoms with Crippen LogP contribution >= 0.6 is 0 Å². The third-order valence-corrected chi connectivity index (χ3v) is 5.14. The van der Waals surface area contributed by atoms with Crippen LogP contribution in [0, 0.1) is 17.1 Å². The SMILES string of the molecule is N#Cc1cccc(N[C@H]2CO[C@]3(CCN(Cc4ccc(F)cc4)C3)C2)n1. The van der Waals surface area contributed by atoms with Gasteiger partial charge in [-0.1, -0.05) is 18.2 Å². The van der Waals surface area contributed by atoms with Gasteiger partial charge >= 0.3 is 0 Å². The van der Waals surface area contributed by atoms with Crippen LogP contribution in [0.4, 0.5) is 10.2 Å². The van der Waals surface area contributed by atoms with Crippen molar-refractivity contribution in [3.05, 3.63) is 59.5 Å². The number of nitrogens with one attached hydrogen (secondary N) is 1. The number of pyridine rings is 1. The second kappa shape index (κ2) is 7.02. The molecule has 0 radical (unpaired) electrons. The van der Waals surface area contributed by atoms with E-state index in [-0.39, 0.29) is 17.5 Å². The van der Waals surface area contributed by atoms with Crippen molar-refractivity contribution in [3.8, 4) is 6.07 Å². The molecule has 2 atom stereocenters. The van der Waals surface area contributed by atoms with Crippen molar-refractivity contribution in [2.75, 3.05) is 25.0 Å². The van der Waals surface area contributed by atoms with Crippen molar-refractivity contribution in [1.29, 1.82) is 5.26 Å². The quantitative estimate of drug-likeness (QED) is 0.917. The number of benzene rings is 1. The molecule has 0 bridgehead atoms. The van der Waals surface area contributed by atoms with Crippen LogP contribution in [0.5, 0.6) is 0 Å². The van der Waals surface area contributed by atoms with Crippen molar-refractivity contribution in [2.24, 2.45) is 0 Å². The summed E-state index contributed by atoms with van der Waals surface area (Å²) in [5, 5.41) is 12.4. The van der Waals surface area contributed by atoms with Gasteiger partial charge in [0.25, 0.3) is 0 Å². The molecule has 6 heteroatoms. The van der Waals surface area contributed by atoms with E-state index < -0.39 is 0 Å². The van der Waals surface area contributed by atoms with Crippen LogP contribution in [0.25, 0.3) is 0 Å². The lowest BCUT2D eigenvalue weighted by Crippen LogP contribution is -2.33. The average Bonchev–Trinajstić information content (AvgIpc) is 3.23. The highest BCUT2D eigenvalue weighted by atomic mass is 19.1. The number of hydrogen-bond acceptors (Lipinski definition) is 5. The Balaban J connectivity index is 1.34. The number of hydrogen-bond donors (Lipinski definition) is 1. The Hall–Kier alpha value is -2.49. The fraction of sp³-hybridized carbons (Fsp3) is 0.400. The summed E-state index contributed by atoms with van der Waals surface area (Å²) in [5.74, 6) is 0.518. The number of aromatic nitrogens is 1. The maximum atomic E-state index is 13.0. The second-order valence-electron chi connectivity index (χ2n) is 7.15. The molecule has 0 amide bonds. The highest BCUT2D eigenvalue weighted by Gasteiger charge is 2.45. The maximum absolute atomic E-state index is 13.0. The molecule has 3 heterocycles. The summed E-state index contributed by atoms with van der Waals surface area (Å²) in [6, 6.07) is 14.4. The lowest BCUT2D eigenvalue weighted by molar-refractivity contribution is 0.0120. The van der Waals surface area contributed by atoms with Gasteiger partial charge in [-0.2, -0.15) is 5.26 Å². The van der Waals surface area contributed by atoms with Gasteiger partial charge in [-0.25, -0.2) is 9.37 Å². The first-order valence-electron chi connectivity index (χ1n) is 8.89. The summed E-state index contributed by atoms with van der Waals surface area (Å²) in [6.45, 7) is 3.32. The van der Waals surface area contributed by atoms with Crippen LogP contribution in [-0.4, -0.2) is 41.2 Å². The Morgan fingerprint density at radius 2 is 2.15 bits per heavy atom. The number of nitriles is 1. The van der Waals surface area contributed by atoms with E-state index in [1.54, 1.807) is 6.07 Å². The molecule has 134 valence electrons. The summed E-state index contributed by atoms with van der Waals surface area (Å²) in [4.78, 5) is 6.64. The molecule has 1 aromatic carbocycles. The van der Waals surface area contributed by atoms with E-state index in [1.807, 2.05) is 24.3 Å². The van der Waals surface area contributed by atoms with Crippen LogP contribution in [0.1, 0.15) is 24.1 Å². The molecule has 2 aliphatic rings. The lowest BCUT2D eigenvalue weighted by atomic mass is 9.97. The van der Waals surface area contributed by atoms with Gasteiger partial charge in [0.2, 0.25) is 0 Å². The molecule has 2 fully saturated rings. The molecule has 1 N–H and O–H groups in total. The highest BCUT2D eigenvalue weighted by molar-refractivity contribution is 5.39. The van der Waals surface area contributed by atoms with Gasteiger partial charge in [0.15, 0.2) is 0 Å². The Bertz CT molecular complexity index is 819. The molecule has 0 unspecified atom stereocenters. The normalized spacial score (nSPS) is 25.5. The highest BCUT2D eigenvalue weighted by Crippen LogP contribution is 2.36. The summed E-state index contributed by atoms with van der Waals surface area (Å²) in [5.41, 5.74) is 1.41. The van der Waals surface area contributed by atoms with Crippen LogP contribution in [0.2, 0.25) is 0 Å². The largest absolute Gasteiger partial charge is 0.371 e. The molecule has 2 aromatic rings. The lowest BCUT2D eigenvalue weighted by Gasteiger charge is -2.23. The number of likely N-dealkylation sites (tertiary alicyclic amines) is 1. The van der Waals surface area contributed by atoms with E-state index in [2.05, 4.69) is 21.3 Å². The standard InChI is InChI=1S/C20H21FN4O/c21-16-6-4-15(5-7-16)12-25-9-8-20(14-25)10-18(13-26-20)24-19-3-1-2-17(11-22)23-19/h1-7,18H,8-10,12-14H2,(H,23,24)/t18-,20-/m1/s1. The van der Waals surface area contributed by atoms with E-state index in [4.69, 9.17) is 10.00 Å². The molecule has 2 aliphatic heterocycles.